The summed E-state index contributed by atoms with van der Waals surface area (Å²) in [5.41, 5.74) is 5.91. The molecule has 2 N–H and O–H groups in total. The van der Waals surface area contributed by atoms with Crippen molar-refractivity contribution in [3.63, 3.8) is 0 Å². The van der Waals surface area contributed by atoms with E-state index in [9.17, 15) is 0 Å². The van der Waals surface area contributed by atoms with Crippen molar-refractivity contribution in [3.05, 3.63) is 64.5 Å². The Hall–Kier alpha value is -2.51. The van der Waals surface area contributed by atoms with Gasteiger partial charge in [-0.1, -0.05) is 31.9 Å². The van der Waals surface area contributed by atoms with Crippen LogP contribution in [0.15, 0.2) is 36.4 Å². The molecule has 4 nitrogen and oxygen atoms in total. The van der Waals surface area contributed by atoms with E-state index >= 15 is 0 Å². The number of fused-ring (bicyclic) bond motifs is 1. The Kier molecular flexibility index (Phi) is 6.01. The third-order valence-electron chi connectivity index (χ3n) is 9.35. The van der Waals surface area contributed by atoms with Gasteiger partial charge in [0, 0.05) is 17.3 Å². The van der Waals surface area contributed by atoms with Crippen molar-refractivity contribution in [1.29, 1.82) is 0 Å². The molecule has 2 atom stereocenters. The van der Waals surface area contributed by atoms with Gasteiger partial charge in [0.05, 0.1) is 19.7 Å². The molecule has 1 heterocycles. The normalized spacial score (nSPS) is 32.7. The number of methoxy groups -OCH3 is 1. The SMILES string of the molecule is [C-]#[N+]c1cc([C@H]2N[C@@H](CCCC)Cc3cc(OC)ccc32)ccc1NC12CC3CC(CC(C3)C1)C2. The van der Waals surface area contributed by atoms with E-state index in [2.05, 4.69) is 58.8 Å². The zero-order valence-corrected chi connectivity index (χ0v) is 21.3. The van der Waals surface area contributed by atoms with Crippen LogP contribution in [0.25, 0.3) is 4.85 Å². The van der Waals surface area contributed by atoms with Crippen LogP contribution < -0.4 is 15.4 Å². The quantitative estimate of drug-likeness (QED) is 0.414. The van der Waals surface area contributed by atoms with Crippen LogP contribution >= 0.6 is 0 Å². The van der Waals surface area contributed by atoms with Gasteiger partial charge in [0.15, 0.2) is 0 Å². The lowest BCUT2D eigenvalue weighted by atomic mass is 9.53. The average molecular weight is 470 g/mol. The number of ether oxygens (including phenoxy) is 1. The fourth-order valence-corrected chi connectivity index (χ4v) is 8.20. The van der Waals surface area contributed by atoms with Crippen LogP contribution in [-0.4, -0.2) is 18.7 Å². The first-order valence-corrected chi connectivity index (χ1v) is 13.8. The Morgan fingerprint density at radius 1 is 1.06 bits per heavy atom. The highest BCUT2D eigenvalue weighted by atomic mass is 16.5. The minimum atomic E-state index is 0.112. The van der Waals surface area contributed by atoms with Gasteiger partial charge in [-0.25, -0.2) is 4.85 Å². The smallest absolute Gasteiger partial charge is 0.209 e. The first kappa shape index (κ1) is 22.9. The van der Waals surface area contributed by atoms with Gasteiger partial charge in [0.1, 0.15) is 5.75 Å². The second-order valence-corrected chi connectivity index (χ2v) is 11.9. The lowest BCUT2D eigenvalue weighted by molar-refractivity contribution is 0.0107. The molecule has 0 saturated heterocycles. The predicted molar refractivity (Wildman–Crippen MR) is 142 cm³/mol. The van der Waals surface area contributed by atoms with Crippen molar-refractivity contribution in [1.82, 2.24) is 5.32 Å². The second-order valence-electron chi connectivity index (χ2n) is 11.9. The third kappa shape index (κ3) is 4.33. The lowest BCUT2D eigenvalue weighted by Crippen LogP contribution is -2.54. The molecular weight excluding hydrogens is 430 g/mol. The molecule has 4 aliphatic carbocycles. The average Bonchev–Trinajstić information content (AvgIpc) is 2.85. The van der Waals surface area contributed by atoms with Gasteiger partial charge in [0.25, 0.3) is 0 Å². The zero-order chi connectivity index (χ0) is 24.0. The highest BCUT2D eigenvalue weighted by Crippen LogP contribution is 2.57. The largest absolute Gasteiger partial charge is 0.497 e. The molecule has 2 aromatic carbocycles. The summed E-state index contributed by atoms with van der Waals surface area (Å²) < 4.78 is 5.54. The summed E-state index contributed by atoms with van der Waals surface area (Å²) in [6.45, 7) is 10.3. The van der Waals surface area contributed by atoms with Gasteiger partial charge < -0.3 is 15.4 Å². The Bertz CT molecular complexity index is 1100. The Balaban J connectivity index is 1.30. The van der Waals surface area contributed by atoms with E-state index in [0.29, 0.717) is 6.04 Å². The Morgan fingerprint density at radius 3 is 2.46 bits per heavy atom. The molecule has 4 bridgehead atoms. The molecule has 0 radical (unpaired) electrons. The molecule has 1 aliphatic heterocycles. The Morgan fingerprint density at radius 2 is 1.80 bits per heavy atom. The lowest BCUT2D eigenvalue weighted by Gasteiger charge is -2.57. The van der Waals surface area contributed by atoms with Crippen molar-refractivity contribution < 1.29 is 4.74 Å². The van der Waals surface area contributed by atoms with Gasteiger partial charge in [0.2, 0.25) is 5.69 Å². The summed E-state index contributed by atoms with van der Waals surface area (Å²) in [5, 5.41) is 7.89. The number of rotatable bonds is 7. The van der Waals surface area contributed by atoms with Crippen LogP contribution in [-0.2, 0) is 6.42 Å². The van der Waals surface area contributed by atoms with Crippen molar-refractivity contribution in [2.75, 3.05) is 12.4 Å². The molecule has 4 fully saturated rings. The molecule has 0 unspecified atom stereocenters. The van der Waals surface area contributed by atoms with Gasteiger partial charge >= 0.3 is 0 Å². The Labute approximate surface area is 210 Å². The van der Waals surface area contributed by atoms with Crippen molar-refractivity contribution in [2.24, 2.45) is 17.8 Å². The topological polar surface area (TPSA) is 37.6 Å². The van der Waals surface area contributed by atoms with Crippen LogP contribution in [0.4, 0.5) is 11.4 Å². The van der Waals surface area contributed by atoms with Crippen molar-refractivity contribution in [2.45, 2.75) is 88.8 Å². The highest BCUT2D eigenvalue weighted by molar-refractivity contribution is 5.72. The summed E-state index contributed by atoms with van der Waals surface area (Å²) in [5.74, 6) is 3.61. The molecule has 35 heavy (non-hydrogen) atoms. The molecule has 5 aliphatic rings. The van der Waals surface area contributed by atoms with Gasteiger partial charge in [-0.3, -0.25) is 0 Å². The summed E-state index contributed by atoms with van der Waals surface area (Å²) in [7, 11) is 1.74. The fourth-order valence-electron chi connectivity index (χ4n) is 8.20. The maximum atomic E-state index is 8.01. The van der Waals surface area contributed by atoms with Crippen molar-refractivity contribution in [3.8, 4) is 5.75 Å². The van der Waals surface area contributed by atoms with Crippen molar-refractivity contribution >= 4 is 11.4 Å². The number of hydrogen-bond donors (Lipinski definition) is 2. The van der Waals surface area contributed by atoms with Gasteiger partial charge in [-0.15, -0.1) is 0 Å². The van der Waals surface area contributed by atoms with Crippen LogP contribution in [0.3, 0.4) is 0 Å². The number of anilines is 1. The monoisotopic (exact) mass is 469 g/mol. The van der Waals surface area contributed by atoms with Crippen LogP contribution in [0.2, 0.25) is 0 Å². The third-order valence-corrected chi connectivity index (χ3v) is 9.35. The first-order valence-electron chi connectivity index (χ1n) is 13.8. The van der Waals surface area contributed by atoms with Gasteiger partial charge in [-0.2, -0.15) is 0 Å². The molecule has 7 rings (SSSR count). The number of nitrogens with zero attached hydrogens (tertiary/aromatic N) is 1. The number of benzene rings is 2. The van der Waals surface area contributed by atoms with Crippen LogP contribution in [0, 0.1) is 24.3 Å². The summed E-state index contributed by atoms with van der Waals surface area (Å²) in [6, 6.07) is 13.6. The van der Waals surface area contributed by atoms with E-state index in [4.69, 9.17) is 11.3 Å². The van der Waals surface area contributed by atoms with E-state index in [1.807, 2.05) is 0 Å². The summed E-state index contributed by atoms with van der Waals surface area (Å²) >= 11 is 0. The first-order chi connectivity index (χ1) is 17.1. The molecule has 0 aromatic heterocycles. The number of nitrogens with one attached hydrogen (secondary N) is 2. The van der Waals surface area contributed by atoms with Gasteiger partial charge in [-0.05, 0) is 110 Å². The van der Waals surface area contributed by atoms with Crippen LogP contribution in [0.5, 0.6) is 5.75 Å². The molecule has 2 aromatic rings. The zero-order valence-electron chi connectivity index (χ0n) is 21.3. The molecule has 4 saturated carbocycles. The minimum Gasteiger partial charge on any atom is -0.497 e. The number of unbranched alkanes of at least 4 members (excludes halogenated alkanes) is 1. The second kappa shape index (κ2) is 9.17. The minimum absolute atomic E-state index is 0.112. The molecule has 4 heteroatoms. The molecule has 0 amide bonds. The maximum absolute atomic E-state index is 8.01. The van der Waals surface area contributed by atoms with E-state index < -0.39 is 0 Å². The highest BCUT2D eigenvalue weighted by Gasteiger charge is 2.51. The van der Waals surface area contributed by atoms with Crippen LogP contribution in [0.1, 0.15) is 87.4 Å². The van der Waals surface area contributed by atoms with E-state index in [0.717, 1.165) is 41.3 Å². The molecular formula is C31H39N3O. The fraction of sp³-hybridized carbons (Fsp3) is 0.581. The van der Waals surface area contributed by atoms with E-state index in [1.165, 1.54) is 74.5 Å². The molecule has 0 spiro atoms. The standard InChI is InChI=1S/C31H39N3O/c1-4-5-6-25-14-24-15-26(35-3)8-9-27(24)30(33-25)23-7-10-28(29(16-23)32-2)34-31-17-20-11-21(18-31)13-22(12-20)19-31/h7-10,15-16,20-22,25,30,33-34H,4-6,11-14,17-19H2,1,3H3/t20?,21?,22?,25-,30+,31?/m0/s1. The predicted octanol–water partition coefficient (Wildman–Crippen LogP) is 7.42. The maximum Gasteiger partial charge on any atom is 0.209 e. The number of hydrogen-bond acceptors (Lipinski definition) is 3. The summed E-state index contributed by atoms with van der Waals surface area (Å²) in [4.78, 5) is 4.02. The van der Waals surface area contributed by atoms with E-state index in [-0.39, 0.29) is 11.6 Å². The molecule has 184 valence electrons. The summed E-state index contributed by atoms with van der Waals surface area (Å²) in [6.07, 6.45) is 12.8. The van der Waals surface area contributed by atoms with E-state index in [1.54, 1.807) is 7.11 Å².